The molecule has 0 bridgehead atoms. The van der Waals surface area contributed by atoms with E-state index in [-0.39, 0.29) is 11.7 Å². The zero-order valence-corrected chi connectivity index (χ0v) is 10.9. The van der Waals surface area contributed by atoms with Gasteiger partial charge in [-0.25, -0.2) is 0 Å². The Bertz CT molecular complexity index is 416. The number of hydrogen-bond acceptors (Lipinski definition) is 1. The average molecular weight is 242 g/mol. The first-order valence-corrected chi connectivity index (χ1v) is 6.32. The van der Waals surface area contributed by atoms with Gasteiger partial charge in [0.25, 0.3) is 5.92 Å². The van der Waals surface area contributed by atoms with E-state index in [2.05, 4.69) is 12.0 Å². The predicted molar refractivity (Wildman–Crippen MR) is 63.5 cm³/mol. The minimum atomic E-state index is -2.83. The predicted octanol–water partition coefficient (Wildman–Crippen LogP) is 4.02. The molecule has 96 valence electrons. The molecular weight excluding hydrogens is 222 g/mol. The molecule has 0 aromatic carbocycles. The van der Waals surface area contributed by atoms with Gasteiger partial charge in [-0.1, -0.05) is 6.92 Å². The van der Waals surface area contributed by atoms with E-state index in [4.69, 9.17) is 0 Å². The van der Waals surface area contributed by atoms with E-state index in [0.29, 0.717) is 5.92 Å². The third kappa shape index (κ3) is 2.09. The highest BCUT2D eigenvalue weighted by Crippen LogP contribution is 2.39. The number of fused-ring (bicyclic) bond motifs is 1. The fraction of sp³-hybridized carbons (Fsp3) is 0.769. The van der Waals surface area contributed by atoms with Crippen molar-refractivity contribution in [1.82, 2.24) is 9.78 Å². The molecule has 1 aromatic rings. The van der Waals surface area contributed by atoms with E-state index >= 15 is 0 Å². The van der Waals surface area contributed by atoms with Gasteiger partial charge in [-0.2, -0.15) is 13.9 Å². The molecule has 1 aliphatic carbocycles. The van der Waals surface area contributed by atoms with Gasteiger partial charge in [-0.15, -0.1) is 0 Å². The number of hydrogen-bond donors (Lipinski definition) is 0. The van der Waals surface area contributed by atoms with Gasteiger partial charge in [0, 0.05) is 24.2 Å². The number of alkyl halides is 2. The Balaban J connectivity index is 2.61. The van der Waals surface area contributed by atoms with Crippen LogP contribution in [0.1, 0.15) is 69.4 Å². The molecule has 2 rings (SSSR count). The lowest BCUT2D eigenvalue weighted by molar-refractivity contribution is 0.0110. The Morgan fingerprint density at radius 3 is 2.59 bits per heavy atom. The Hall–Kier alpha value is -0.930. The van der Waals surface area contributed by atoms with Crippen molar-refractivity contribution in [3.05, 3.63) is 17.0 Å². The summed E-state index contributed by atoms with van der Waals surface area (Å²) in [7, 11) is 0. The monoisotopic (exact) mass is 242 g/mol. The Kier molecular flexibility index (Phi) is 3.00. The third-order valence-electron chi connectivity index (χ3n) is 3.49. The van der Waals surface area contributed by atoms with Gasteiger partial charge in [0.2, 0.25) is 0 Å². The fourth-order valence-corrected chi connectivity index (χ4v) is 2.72. The van der Waals surface area contributed by atoms with Crippen molar-refractivity contribution in [2.24, 2.45) is 0 Å². The molecule has 0 spiro atoms. The zero-order chi connectivity index (χ0) is 12.8. The maximum atomic E-state index is 13.6. The van der Waals surface area contributed by atoms with E-state index in [1.54, 1.807) is 4.68 Å². The SMILES string of the molecule is CC1CCCc2c(C(C)(F)F)nn(C(C)C)c21. The fourth-order valence-electron chi connectivity index (χ4n) is 2.72. The van der Waals surface area contributed by atoms with Crippen LogP contribution >= 0.6 is 0 Å². The zero-order valence-electron chi connectivity index (χ0n) is 10.9. The molecule has 0 N–H and O–H groups in total. The van der Waals surface area contributed by atoms with Crippen molar-refractivity contribution in [2.45, 2.75) is 64.8 Å². The minimum Gasteiger partial charge on any atom is -0.266 e. The van der Waals surface area contributed by atoms with Crippen LogP contribution in [0.15, 0.2) is 0 Å². The Morgan fingerprint density at radius 2 is 2.06 bits per heavy atom. The Morgan fingerprint density at radius 1 is 1.41 bits per heavy atom. The molecule has 17 heavy (non-hydrogen) atoms. The summed E-state index contributed by atoms with van der Waals surface area (Å²) in [5, 5.41) is 4.18. The van der Waals surface area contributed by atoms with Crippen LogP contribution in [-0.2, 0) is 12.3 Å². The minimum absolute atomic E-state index is 0.00671. The van der Waals surface area contributed by atoms with Crippen LogP contribution in [0.2, 0.25) is 0 Å². The van der Waals surface area contributed by atoms with Gasteiger partial charge in [-0.3, -0.25) is 4.68 Å². The smallest absolute Gasteiger partial charge is 0.266 e. The number of nitrogens with zero attached hydrogens (tertiary/aromatic N) is 2. The summed E-state index contributed by atoms with van der Waals surface area (Å²) < 4.78 is 28.9. The number of aromatic nitrogens is 2. The summed E-state index contributed by atoms with van der Waals surface area (Å²) in [6.07, 6.45) is 2.80. The van der Waals surface area contributed by atoms with Crippen molar-refractivity contribution in [2.75, 3.05) is 0 Å². The molecular formula is C13H20F2N2. The summed E-state index contributed by atoms with van der Waals surface area (Å²) in [5.74, 6) is -2.49. The quantitative estimate of drug-likeness (QED) is 0.766. The van der Waals surface area contributed by atoms with Crippen LogP contribution in [0.25, 0.3) is 0 Å². The second-order valence-corrected chi connectivity index (χ2v) is 5.43. The first-order chi connectivity index (χ1) is 7.82. The molecule has 2 nitrogen and oxygen atoms in total. The average Bonchev–Trinajstić information content (AvgIpc) is 2.57. The second-order valence-electron chi connectivity index (χ2n) is 5.43. The topological polar surface area (TPSA) is 17.8 Å². The molecule has 1 unspecified atom stereocenters. The molecule has 1 aliphatic rings. The Labute approximate surface area is 101 Å². The second kappa shape index (κ2) is 4.07. The normalized spacial score (nSPS) is 20.8. The van der Waals surface area contributed by atoms with Gasteiger partial charge >= 0.3 is 0 Å². The van der Waals surface area contributed by atoms with E-state index < -0.39 is 5.92 Å². The molecule has 0 amide bonds. The van der Waals surface area contributed by atoms with Crippen molar-refractivity contribution in [3.8, 4) is 0 Å². The van der Waals surface area contributed by atoms with Gasteiger partial charge in [0.1, 0.15) is 5.69 Å². The lowest BCUT2D eigenvalue weighted by Crippen LogP contribution is -2.14. The molecule has 1 atom stereocenters. The van der Waals surface area contributed by atoms with E-state index in [9.17, 15) is 8.78 Å². The molecule has 0 saturated carbocycles. The lowest BCUT2D eigenvalue weighted by Gasteiger charge is -2.22. The third-order valence-corrected chi connectivity index (χ3v) is 3.49. The summed E-state index contributed by atoms with van der Waals surface area (Å²) >= 11 is 0. The van der Waals surface area contributed by atoms with Crippen LogP contribution in [-0.4, -0.2) is 9.78 Å². The highest BCUT2D eigenvalue weighted by Gasteiger charge is 2.36. The molecule has 4 heteroatoms. The van der Waals surface area contributed by atoms with Crippen LogP contribution in [0.3, 0.4) is 0 Å². The van der Waals surface area contributed by atoms with E-state index in [1.165, 1.54) is 0 Å². The van der Waals surface area contributed by atoms with Gasteiger partial charge in [-0.05, 0) is 39.0 Å². The first-order valence-electron chi connectivity index (χ1n) is 6.32. The van der Waals surface area contributed by atoms with Crippen molar-refractivity contribution >= 4 is 0 Å². The van der Waals surface area contributed by atoms with Gasteiger partial charge in [0.15, 0.2) is 0 Å². The standard InChI is InChI=1S/C13H20F2N2/c1-8(2)17-11-9(3)6-5-7-10(11)12(16-17)13(4,14)15/h8-9H,5-7H2,1-4H3. The lowest BCUT2D eigenvalue weighted by atomic mass is 9.87. The van der Waals surface area contributed by atoms with E-state index in [1.807, 2.05) is 13.8 Å². The number of halogens is 2. The van der Waals surface area contributed by atoms with Crippen LogP contribution in [0.5, 0.6) is 0 Å². The summed E-state index contributed by atoms with van der Waals surface area (Å²) in [5.41, 5.74) is 1.82. The summed E-state index contributed by atoms with van der Waals surface area (Å²) in [4.78, 5) is 0. The van der Waals surface area contributed by atoms with Crippen LogP contribution in [0, 0.1) is 0 Å². The van der Waals surface area contributed by atoms with Crippen LogP contribution < -0.4 is 0 Å². The molecule has 0 radical (unpaired) electrons. The summed E-state index contributed by atoms with van der Waals surface area (Å²) in [6, 6.07) is 0.139. The van der Waals surface area contributed by atoms with E-state index in [0.717, 1.165) is 37.4 Å². The highest BCUT2D eigenvalue weighted by molar-refractivity contribution is 5.34. The maximum Gasteiger partial charge on any atom is 0.289 e. The maximum absolute atomic E-state index is 13.6. The van der Waals surface area contributed by atoms with Gasteiger partial charge < -0.3 is 0 Å². The first kappa shape index (κ1) is 12.5. The molecule has 0 aliphatic heterocycles. The van der Waals surface area contributed by atoms with Crippen molar-refractivity contribution < 1.29 is 8.78 Å². The largest absolute Gasteiger partial charge is 0.289 e. The van der Waals surface area contributed by atoms with Gasteiger partial charge in [0.05, 0.1) is 0 Å². The molecule has 1 aromatic heterocycles. The summed E-state index contributed by atoms with van der Waals surface area (Å²) in [6.45, 7) is 7.04. The molecule has 0 saturated heterocycles. The van der Waals surface area contributed by atoms with Crippen molar-refractivity contribution in [3.63, 3.8) is 0 Å². The molecule has 1 heterocycles. The highest BCUT2D eigenvalue weighted by atomic mass is 19.3. The van der Waals surface area contributed by atoms with Crippen LogP contribution in [0.4, 0.5) is 8.78 Å². The number of rotatable bonds is 2. The van der Waals surface area contributed by atoms with Crippen molar-refractivity contribution in [1.29, 1.82) is 0 Å². The molecule has 0 fully saturated rings.